The summed E-state index contributed by atoms with van der Waals surface area (Å²) in [4.78, 5) is 4.09. The summed E-state index contributed by atoms with van der Waals surface area (Å²) in [6.07, 6.45) is 4.46. The minimum Gasteiger partial charge on any atom is -0.610 e. The second-order valence-corrected chi connectivity index (χ2v) is 5.06. The molecule has 0 aliphatic rings. The van der Waals surface area contributed by atoms with E-state index in [4.69, 9.17) is 11.6 Å². The van der Waals surface area contributed by atoms with Crippen molar-refractivity contribution in [3.05, 3.63) is 35.6 Å². The van der Waals surface area contributed by atoms with Gasteiger partial charge in [-0.25, -0.2) is 9.67 Å². The van der Waals surface area contributed by atoms with Gasteiger partial charge < -0.3 is 4.55 Å². The Bertz CT molecular complexity index is 488. The van der Waals surface area contributed by atoms with E-state index in [0.717, 1.165) is 0 Å². The Morgan fingerprint density at radius 1 is 1.62 bits per heavy atom. The van der Waals surface area contributed by atoms with Crippen LogP contribution in [0.25, 0.3) is 5.82 Å². The van der Waals surface area contributed by atoms with Gasteiger partial charge in [-0.15, -0.1) is 5.10 Å². The fourth-order valence-electron chi connectivity index (χ4n) is 1.17. The molecule has 0 N–H and O–H groups in total. The van der Waals surface area contributed by atoms with Gasteiger partial charge in [-0.3, -0.25) is 0 Å². The Balaban J connectivity index is 2.35. The summed E-state index contributed by atoms with van der Waals surface area (Å²) in [5, 5.41) is 5.10. The third-order valence-corrected chi connectivity index (χ3v) is 3.43. The Kier molecular flexibility index (Phi) is 3.48. The van der Waals surface area contributed by atoms with Gasteiger partial charge >= 0.3 is 0 Å². The molecule has 0 fully saturated rings. The van der Waals surface area contributed by atoms with Crippen molar-refractivity contribution in [2.75, 3.05) is 5.75 Å². The first-order chi connectivity index (χ1) is 7.72. The molecule has 0 saturated carbocycles. The zero-order valence-corrected chi connectivity index (χ0v) is 10.1. The van der Waals surface area contributed by atoms with Crippen LogP contribution in [0.3, 0.4) is 0 Å². The second-order valence-electron chi connectivity index (χ2n) is 2.97. The quantitative estimate of drug-likeness (QED) is 0.786. The van der Waals surface area contributed by atoms with Gasteiger partial charge in [0, 0.05) is 23.4 Å². The molecule has 0 bridgehead atoms. The van der Waals surface area contributed by atoms with Gasteiger partial charge in [0.25, 0.3) is 5.03 Å². The van der Waals surface area contributed by atoms with Crippen LogP contribution in [-0.2, 0) is 11.2 Å². The monoisotopic (exact) mass is 254 g/mol. The van der Waals surface area contributed by atoms with Crippen LogP contribution in [0.5, 0.6) is 0 Å². The van der Waals surface area contributed by atoms with Crippen molar-refractivity contribution in [3.8, 4) is 5.82 Å². The predicted molar refractivity (Wildman–Crippen MR) is 62.2 cm³/mol. The summed E-state index contributed by atoms with van der Waals surface area (Å²) in [6.45, 7) is 1.84. The number of aromatic nitrogens is 3. The normalized spacial score (nSPS) is 12.7. The topological polar surface area (TPSA) is 53.8 Å². The molecule has 2 rings (SSSR count). The average molecular weight is 255 g/mol. The van der Waals surface area contributed by atoms with E-state index in [0.29, 0.717) is 21.6 Å². The number of rotatable bonds is 3. The van der Waals surface area contributed by atoms with Crippen LogP contribution >= 0.6 is 11.6 Å². The van der Waals surface area contributed by atoms with Crippen molar-refractivity contribution < 1.29 is 4.55 Å². The molecule has 0 saturated heterocycles. The lowest BCUT2D eigenvalue weighted by atomic mass is 10.4. The molecule has 6 heteroatoms. The molecule has 1 atom stereocenters. The molecule has 83 valence electrons. The van der Waals surface area contributed by atoms with Crippen molar-refractivity contribution in [2.45, 2.75) is 11.9 Å². The van der Waals surface area contributed by atoms with E-state index in [1.165, 1.54) is 4.68 Å². The number of halogens is 1. The summed E-state index contributed by atoms with van der Waals surface area (Å²) in [7, 11) is 0. The van der Waals surface area contributed by atoms with Crippen LogP contribution in [-0.4, -0.2) is 25.1 Å². The maximum atomic E-state index is 11.5. The van der Waals surface area contributed by atoms with Crippen molar-refractivity contribution in [2.24, 2.45) is 0 Å². The van der Waals surface area contributed by atoms with E-state index in [1.54, 1.807) is 24.4 Å². The molecule has 2 aromatic rings. The summed E-state index contributed by atoms with van der Waals surface area (Å²) in [6, 6.07) is 5.04. The van der Waals surface area contributed by atoms with Gasteiger partial charge in [0.1, 0.15) is 11.9 Å². The molecule has 1 radical (unpaired) electrons. The lowest BCUT2D eigenvalue weighted by Gasteiger charge is -2.03. The van der Waals surface area contributed by atoms with E-state index in [1.807, 2.05) is 6.92 Å². The lowest BCUT2D eigenvalue weighted by Crippen LogP contribution is -2.06. The Morgan fingerprint density at radius 2 is 2.44 bits per heavy atom. The lowest BCUT2D eigenvalue weighted by molar-refractivity contribution is 0.590. The van der Waals surface area contributed by atoms with Crippen LogP contribution in [0.15, 0.2) is 29.4 Å². The third-order valence-electron chi connectivity index (χ3n) is 1.94. The summed E-state index contributed by atoms with van der Waals surface area (Å²) in [5.41, 5.74) is 0. The Morgan fingerprint density at radius 3 is 3.12 bits per heavy atom. The summed E-state index contributed by atoms with van der Waals surface area (Å²) < 4.78 is 12.9. The molecule has 2 aromatic heterocycles. The highest BCUT2D eigenvalue weighted by atomic mass is 35.5. The zero-order chi connectivity index (χ0) is 11.5. The van der Waals surface area contributed by atoms with Crippen LogP contribution in [0.1, 0.15) is 6.92 Å². The van der Waals surface area contributed by atoms with Gasteiger partial charge in [-0.05, 0) is 19.1 Å². The van der Waals surface area contributed by atoms with Gasteiger partial charge in [-0.1, -0.05) is 11.6 Å². The second kappa shape index (κ2) is 4.86. The highest BCUT2D eigenvalue weighted by molar-refractivity contribution is 7.91. The minimum atomic E-state index is -1.08. The van der Waals surface area contributed by atoms with Crippen molar-refractivity contribution in [1.29, 1.82) is 0 Å². The van der Waals surface area contributed by atoms with E-state index in [2.05, 4.69) is 16.3 Å². The fourth-order valence-corrected chi connectivity index (χ4v) is 2.03. The van der Waals surface area contributed by atoms with Gasteiger partial charge in [0.05, 0.1) is 5.02 Å². The average Bonchev–Trinajstić information content (AvgIpc) is 2.78. The smallest absolute Gasteiger partial charge is 0.264 e. The van der Waals surface area contributed by atoms with Crippen LogP contribution in [0, 0.1) is 6.20 Å². The van der Waals surface area contributed by atoms with E-state index in [9.17, 15) is 4.55 Å². The van der Waals surface area contributed by atoms with Crippen LogP contribution in [0.2, 0.25) is 5.02 Å². The van der Waals surface area contributed by atoms with E-state index >= 15 is 0 Å². The van der Waals surface area contributed by atoms with Crippen LogP contribution in [0.4, 0.5) is 0 Å². The summed E-state index contributed by atoms with van der Waals surface area (Å²) in [5.74, 6) is 1.02. The number of hydrogen-bond donors (Lipinski definition) is 0. The SMILES string of the molecule is CC[S+]([O-])c1c[c]n(-c2ncccc2Cl)n1. The van der Waals surface area contributed by atoms with E-state index < -0.39 is 11.2 Å². The standard InChI is InChI=1S/C10H9ClN3OS/c1-2-16(15)9-5-7-14(13-9)10-8(11)4-3-6-12-10/h3-6H,2H2,1H3. The first-order valence-corrected chi connectivity index (χ1v) is 6.39. The van der Waals surface area contributed by atoms with Crippen molar-refractivity contribution in [3.63, 3.8) is 0 Å². The molecule has 0 spiro atoms. The van der Waals surface area contributed by atoms with Gasteiger partial charge in [0.2, 0.25) is 0 Å². The first-order valence-electron chi connectivity index (χ1n) is 4.69. The molecular weight excluding hydrogens is 246 g/mol. The number of nitrogens with zero attached hydrogens (tertiary/aromatic N) is 3. The fraction of sp³-hybridized carbons (Fsp3) is 0.200. The van der Waals surface area contributed by atoms with Gasteiger partial charge in [-0.2, -0.15) is 0 Å². The molecule has 16 heavy (non-hydrogen) atoms. The minimum absolute atomic E-state index is 0.482. The van der Waals surface area contributed by atoms with Gasteiger partial charge in [0.15, 0.2) is 5.82 Å². The Hall–Kier alpha value is -1.04. The summed E-state index contributed by atoms with van der Waals surface area (Å²) >= 11 is 4.88. The molecule has 0 aliphatic carbocycles. The third kappa shape index (κ3) is 2.21. The maximum absolute atomic E-state index is 11.5. The molecular formula is C10H9ClN3OS. The van der Waals surface area contributed by atoms with Crippen molar-refractivity contribution in [1.82, 2.24) is 14.8 Å². The molecule has 1 unspecified atom stereocenters. The molecule has 0 amide bonds. The highest BCUT2D eigenvalue weighted by Gasteiger charge is 2.14. The molecule has 4 nitrogen and oxygen atoms in total. The maximum Gasteiger partial charge on any atom is 0.264 e. The van der Waals surface area contributed by atoms with Crippen LogP contribution < -0.4 is 0 Å². The van der Waals surface area contributed by atoms with E-state index in [-0.39, 0.29) is 0 Å². The predicted octanol–water partition coefficient (Wildman–Crippen LogP) is 1.85. The first kappa shape index (κ1) is 11.4. The number of hydrogen-bond acceptors (Lipinski definition) is 3. The van der Waals surface area contributed by atoms with Crippen molar-refractivity contribution >= 4 is 22.8 Å². The zero-order valence-electron chi connectivity index (χ0n) is 8.55. The largest absolute Gasteiger partial charge is 0.610 e. The molecule has 0 aliphatic heterocycles. The highest BCUT2D eigenvalue weighted by Crippen LogP contribution is 2.17. The Labute approximate surface area is 101 Å². The molecule has 0 aromatic carbocycles. The molecule has 2 heterocycles. The number of pyridine rings is 1.